The number of hydrogen-bond acceptors (Lipinski definition) is 2. The van der Waals surface area contributed by atoms with Gasteiger partial charge in [0.25, 0.3) is 0 Å². The summed E-state index contributed by atoms with van der Waals surface area (Å²) in [6, 6.07) is 15.1. The highest BCUT2D eigenvalue weighted by Gasteiger charge is 2.24. The second-order valence-corrected chi connectivity index (χ2v) is 11.8. The first-order valence-corrected chi connectivity index (χ1v) is 16.3. The number of hydrogen-bond donors (Lipinski definition) is 0. The summed E-state index contributed by atoms with van der Waals surface area (Å²) in [5, 5.41) is 0. The van der Waals surface area contributed by atoms with Crippen molar-refractivity contribution in [1.82, 2.24) is 0 Å². The van der Waals surface area contributed by atoms with E-state index >= 15 is 4.39 Å². The van der Waals surface area contributed by atoms with Gasteiger partial charge in [0.2, 0.25) is 0 Å². The molecular formula is C38H47F3O2. The average Bonchev–Trinajstić information content (AvgIpc) is 3.03. The second kappa shape index (κ2) is 17.4. The number of ether oxygens (including phenoxy) is 2. The Bertz CT molecular complexity index is 1290. The number of halogens is 3. The van der Waals surface area contributed by atoms with E-state index in [0.717, 1.165) is 19.3 Å². The van der Waals surface area contributed by atoms with Crippen LogP contribution in [0, 0.1) is 23.4 Å². The molecule has 0 aromatic heterocycles. The third-order valence-electron chi connectivity index (χ3n) is 8.33. The molecule has 43 heavy (non-hydrogen) atoms. The van der Waals surface area contributed by atoms with Crippen molar-refractivity contribution in [3.05, 3.63) is 95.3 Å². The first kappa shape index (κ1) is 33.0. The molecule has 5 heteroatoms. The number of allylic oxidation sites excluding steroid dienone is 2. The topological polar surface area (TPSA) is 18.5 Å². The molecule has 0 saturated carbocycles. The van der Waals surface area contributed by atoms with Crippen LogP contribution in [0.3, 0.4) is 0 Å². The van der Waals surface area contributed by atoms with E-state index in [4.69, 9.17) is 9.47 Å². The van der Waals surface area contributed by atoms with Crippen molar-refractivity contribution in [2.45, 2.75) is 97.2 Å². The maximum Gasteiger partial charge on any atom is 0.183 e. The molecular weight excluding hydrogens is 545 g/mol. The highest BCUT2D eigenvalue weighted by Crippen LogP contribution is 2.33. The molecule has 3 aromatic rings. The van der Waals surface area contributed by atoms with Crippen molar-refractivity contribution < 1.29 is 22.6 Å². The van der Waals surface area contributed by atoms with Crippen LogP contribution >= 0.6 is 0 Å². The minimum Gasteiger partial charge on any atom is -0.348 e. The Morgan fingerprint density at radius 2 is 1.30 bits per heavy atom. The van der Waals surface area contributed by atoms with Crippen LogP contribution in [0.1, 0.15) is 102 Å². The smallest absolute Gasteiger partial charge is 0.183 e. The van der Waals surface area contributed by atoms with E-state index in [1.807, 2.05) is 18.2 Å². The van der Waals surface area contributed by atoms with Gasteiger partial charge in [0.1, 0.15) is 5.82 Å². The van der Waals surface area contributed by atoms with Crippen LogP contribution in [0.2, 0.25) is 0 Å². The van der Waals surface area contributed by atoms with Gasteiger partial charge in [-0.2, -0.15) is 0 Å². The molecule has 0 N–H and O–H groups in total. The lowest BCUT2D eigenvalue weighted by atomic mass is 9.97. The molecule has 0 atom stereocenters. The van der Waals surface area contributed by atoms with E-state index in [1.54, 1.807) is 42.5 Å². The van der Waals surface area contributed by atoms with Crippen molar-refractivity contribution in [2.24, 2.45) is 5.92 Å². The summed E-state index contributed by atoms with van der Waals surface area (Å²) < 4.78 is 56.8. The fourth-order valence-corrected chi connectivity index (χ4v) is 5.68. The van der Waals surface area contributed by atoms with Crippen molar-refractivity contribution in [1.29, 1.82) is 0 Å². The van der Waals surface area contributed by atoms with Gasteiger partial charge in [0, 0.05) is 22.6 Å². The third kappa shape index (κ3) is 9.55. The summed E-state index contributed by atoms with van der Waals surface area (Å²) in [7, 11) is 0. The minimum atomic E-state index is -0.864. The number of rotatable bonds is 16. The zero-order valence-electron chi connectivity index (χ0n) is 25.9. The summed E-state index contributed by atoms with van der Waals surface area (Å²) >= 11 is 0. The SMILES string of the molecule is CCCC=CCc1ccc(-c2ccc(-c3ccc(C4OCC(CCCCCCCCCC)CO4)cc3F)cc2)c(F)c1F. The molecule has 4 rings (SSSR count). The minimum absolute atomic E-state index is 0.188. The monoisotopic (exact) mass is 592 g/mol. The number of benzene rings is 3. The molecule has 0 radical (unpaired) electrons. The second-order valence-electron chi connectivity index (χ2n) is 11.8. The zero-order valence-corrected chi connectivity index (χ0v) is 25.9. The summed E-state index contributed by atoms with van der Waals surface area (Å²) in [5.74, 6) is -1.68. The Morgan fingerprint density at radius 3 is 1.95 bits per heavy atom. The van der Waals surface area contributed by atoms with E-state index in [2.05, 4.69) is 13.8 Å². The van der Waals surface area contributed by atoms with E-state index in [1.165, 1.54) is 57.4 Å². The van der Waals surface area contributed by atoms with E-state index < -0.39 is 17.9 Å². The molecule has 232 valence electrons. The van der Waals surface area contributed by atoms with Crippen LogP contribution < -0.4 is 0 Å². The van der Waals surface area contributed by atoms with Crippen molar-refractivity contribution >= 4 is 0 Å². The molecule has 0 bridgehead atoms. The Kier molecular flexibility index (Phi) is 13.4. The van der Waals surface area contributed by atoms with Gasteiger partial charge in [-0.05, 0) is 42.0 Å². The molecule has 1 fully saturated rings. The molecule has 0 spiro atoms. The fourth-order valence-electron chi connectivity index (χ4n) is 5.68. The lowest BCUT2D eigenvalue weighted by Crippen LogP contribution is -2.27. The Morgan fingerprint density at radius 1 is 0.674 bits per heavy atom. The molecule has 1 aliphatic heterocycles. The van der Waals surface area contributed by atoms with Gasteiger partial charge in [-0.1, -0.05) is 132 Å². The maximum atomic E-state index is 15.2. The van der Waals surface area contributed by atoms with E-state index in [0.29, 0.717) is 53.4 Å². The summed E-state index contributed by atoms with van der Waals surface area (Å²) in [6.45, 7) is 5.57. The summed E-state index contributed by atoms with van der Waals surface area (Å²) in [4.78, 5) is 0. The van der Waals surface area contributed by atoms with Gasteiger partial charge in [-0.15, -0.1) is 0 Å². The van der Waals surface area contributed by atoms with E-state index in [-0.39, 0.29) is 11.4 Å². The first-order chi connectivity index (χ1) is 21.0. The van der Waals surface area contributed by atoms with Crippen LogP contribution in [0.4, 0.5) is 13.2 Å². The predicted octanol–water partition coefficient (Wildman–Crippen LogP) is 11.5. The lowest BCUT2D eigenvalue weighted by molar-refractivity contribution is -0.206. The van der Waals surface area contributed by atoms with Gasteiger partial charge in [0.05, 0.1) is 13.2 Å². The predicted molar refractivity (Wildman–Crippen MR) is 170 cm³/mol. The van der Waals surface area contributed by atoms with Crippen LogP contribution in [0.25, 0.3) is 22.3 Å². The van der Waals surface area contributed by atoms with Crippen LogP contribution in [-0.4, -0.2) is 13.2 Å². The van der Waals surface area contributed by atoms with Crippen molar-refractivity contribution in [3.63, 3.8) is 0 Å². The largest absolute Gasteiger partial charge is 0.348 e. The molecule has 0 unspecified atom stereocenters. The van der Waals surface area contributed by atoms with Crippen LogP contribution in [-0.2, 0) is 15.9 Å². The highest BCUT2D eigenvalue weighted by molar-refractivity contribution is 5.71. The Hall–Kier alpha value is -2.89. The molecule has 1 saturated heterocycles. The molecule has 0 amide bonds. The molecule has 0 aliphatic carbocycles. The maximum absolute atomic E-state index is 15.2. The molecule has 2 nitrogen and oxygen atoms in total. The highest BCUT2D eigenvalue weighted by atomic mass is 19.2. The van der Waals surface area contributed by atoms with Gasteiger partial charge in [0.15, 0.2) is 17.9 Å². The van der Waals surface area contributed by atoms with Gasteiger partial charge >= 0.3 is 0 Å². The van der Waals surface area contributed by atoms with Gasteiger partial charge < -0.3 is 9.47 Å². The standard InChI is InChI=1S/C38H47F3O2/c1-3-5-7-9-10-11-12-13-15-28-26-42-38(43-27-28)32-22-23-33(35(39)25-32)29-17-19-30(20-18-29)34-24-21-31(36(40)37(34)41)16-14-8-6-4-2/h8,14,17-25,28,38H,3-7,9-13,15-16,26-27H2,1-2H3. The van der Waals surface area contributed by atoms with Gasteiger partial charge in [-0.3, -0.25) is 0 Å². The van der Waals surface area contributed by atoms with Crippen LogP contribution in [0.15, 0.2) is 66.7 Å². The summed E-state index contributed by atoms with van der Waals surface area (Å²) in [5.41, 5.74) is 2.80. The quantitative estimate of drug-likeness (QED) is 0.122. The molecule has 1 aliphatic rings. The van der Waals surface area contributed by atoms with Gasteiger partial charge in [-0.25, -0.2) is 13.2 Å². The van der Waals surface area contributed by atoms with Crippen molar-refractivity contribution in [3.8, 4) is 22.3 Å². The Balaban J connectivity index is 1.29. The average molecular weight is 593 g/mol. The fraction of sp³-hybridized carbons (Fsp3) is 0.474. The Labute approximate surface area is 256 Å². The van der Waals surface area contributed by atoms with E-state index in [9.17, 15) is 8.78 Å². The molecule has 3 aromatic carbocycles. The lowest BCUT2D eigenvalue weighted by Gasteiger charge is -2.29. The first-order valence-electron chi connectivity index (χ1n) is 16.3. The number of unbranched alkanes of at least 4 members (excludes halogenated alkanes) is 8. The summed E-state index contributed by atoms with van der Waals surface area (Å²) in [6.07, 6.45) is 17.1. The van der Waals surface area contributed by atoms with Crippen molar-refractivity contribution in [2.75, 3.05) is 13.2 Å². The molecule has 1 heterocycles. The zero-order chi connectivity index (χ0) is 30.4. The third-order valence-corrected chi connectivity index (χ3v) is 8.33. The normalized spacial score (nSPS) is 17.1. The van der Waals surface area contributed by atoms with Crippen LogP contribution in [0.5, 0.6) is 0 Å².